The Hall–Kier alpha value is -4.10. The van der Waals surface area contributed by atoms with Crippen molar-refractivity contribution in [3.63, 3.8) is 0 Å². The third kappa shape index (κ3) is 3.94. The number of anilines is 1. The molecule has 0 fully saturated rings. The third-order valence-corrected chi connectivity index (χ3v) is 5.53. The van der Waals surface area contributed by atoms with E-state index in [1.54, 1.807) is 54.6 Å². The summed E-state index contributed by atoms with van der Waals surface area (Å²) < 4.78 is 11.1. The van der Waals surface area contributed by atoms with Gasteiger partial charge in [0.2, 0.25) is 11.6 Å². The Morgan fingerprint density at radius 1 is 0.788 bits per heavy atom. The van der Waals surface area contributed by atoms with Crippen LogP contribution < -0.4 is 20.1 Å². The van der Waals surface area contributed by atoms with E-state index in [0.717, 1.165) is 0 Å². The van der Waals surface area contributed by atoms with Crippen LogP contribution >= 0.6 is 11.6 Å². The average molecular weight is 461 g/mol. The first-order valence-corrected chi connectivity index (χ1v) is 10.6. The number of hydrogen-bond acceptors (Lipinski definition) is 6. The van der Waals surface area contributed by atoms with Crippen molar-refractivity contribution in [2.75, 3.05) is 18.5 Å². The molecule has 0 spiro atoms. The van der Waals surface area contributed by atoms with Gasteiger partial charge in [0.25, 0.3) is 5.91 Å². The molecule has 164 valence electrons. The van der Waals surface area contributed by atoms with Gasteiger partial charge in [-0.3, -0.25) is 14.4 Å². The van der Waals surface area contributed by atoms with Crippen LogP contribution in [0.25, 0.3) is 0 Å². The van der Waals surface area contributed by atoms with Crippen LogP contribution in [-0.2, 0) is 0 Å². The van der Waals surface area contributed by atoms with Gasteiger partial charge in [-0.25, -0.2) is 0 Å². The zero-order chi connectivity index (χ0) is 22.9. The van der Waals surface area contributed by atoms with Gasteiger partial charge in [-0.2, -0.15) is 0 Å². The summed E-state index contributed by atoms with van der Waals surface area (Å²) in [5.41, 5.74) is 1.12. The molecule has 0 saturated carbocycles. The van der Waals surface area contributed by atoms with Crippen molar-refractivity contribution < 1.29 is 23.9 Å². The summed E-state index contributed by atoms with van der Waals surface area (Å²) in [4.78, 5) is 39.5. The third-order valence-electron chi connectivity index (χ3n) is 5.28. The van der Waals surface area contributed by atoms with Crippen LogP contribution in [0.15, 0.2) is 78.1 Å². The van der Waals surface area contributed by atoms with Gasteiger partial charge in [0.1, 0.15) is 24.6 Å². The van der Waals surface area contributed by atoms with Crippen LogP contribution in [0.5, 0.6) is 11.5 Å². The predicted octanol–water partition coefficient (Wildman–Crippen LogP) is 4.24. The first kappa shape index (κ1) is 20.8. The Morgan fingerprint density at radius 2 is 1.42 bits per heavy atom. The van der Waals surface area contributed by atoms with Gasteiger partial charge < -0.3 is 20.1 Å². The molecule has 3 aromatic carbocycles. The summed E-state index contributed by atoms with van der Waals surface area (Å²) in [6.45, 7) is 0.863. The molecule has 1 heterocycles. The molecule has 0 radical (unpaired) electrons. The SMILES string of the molecule is O=C(NC1=C(Nc2ccc3c(c2)OCCO3)C(=O)c2ccccc2C1=O)c1ccc(Cl)cc1. The number of carbonyl (C=O) groups excluding carboxylic acids is 3. The average Bonchev–Trinajstić information content (AvgIpc) is 2.85. The van der Waals surface area contributed by atoms with E-state index in [4.69, 9.17) is 21.1 Å². The number of allylic oxidation sites excluding steroid dienone is 2. The number of hydrogen-bond donors (Lipinski definition) is 2. The van der Waals surface area contributed by atoms with Crippen LogP contribution in [0.3, 0.4) is 0 Å². The molecule has 1 aliphatic heterocycles. The molecular weight excluding hydrogens is 444 g/mol. The van der Waals surface area contributed by atoms with Gasteiger partial charge in [-0.1, -0.05) is 35.9 Å². The van der Waals surface area contributed by atoms with Gasteiger partial charge in [0.05, 0.1) is 0 Å². The van der Waals surface area contributed by atoms with Crippen molar-refractivity contribution in [3.8, 4) is 11.5 Å². The van der Waals surface area contributed by atoms with E-state index in [1.165, 1.54) is 12.1 Å². The molecule has 0 aromatic heterocycles. The Kier molecular flexibility index (Phi) is 5.32. The van der Waals surface area contributed by atoms with Crippen molar-refractivity contribution in [1.82, 2.24) is 5.32 Å². The number of nitrogens with one attached hydrogen (secondary N) is 2. The fraction of sp³-hybridized carbons (Fsp3) is 0.0800. The highest BCUT2D eigenvalue weighted by Gasteiger charge is 2.33. The zero-order valence-electron chi connectivity index (χ0n) is 17.2. The molecule has 1 aliphatic carbocycles. The lowest BCUT2D eigenvalue weighted by Crippen LogP contribution is -2.36. The summed E-state index contributed by atoms with van der Waals surface area (Å²) in [5.74, 6) is -0.301. The van der Waals surface area contributed by atoms with Gasteiger partial charge in [0.15, 0.2) is 11.5 Å². The monoisotopic (exact) mass is 460 g/mol. The van der Waals surface area contributed by atoms with Crippen molar-refractivity contribution in [3.05, 3.63) is 99.8 Å². The molecule has 8 heteroatoms. The van der Waals surface area contributed by atoms with Crippen LogP contribution in [0, 0.1) is 0 Å². The Labute approximate surface area is 194 Å². The maximum atomic E-state index is 13.3. The van der Waals surface area contributed by atoms with Crippen LogP contribution in [0.2, 0.25) is 5.02 Å². The molecule has 2 N–H and O–H groups in total. The number of ketones is 2. The van der Waals surface area contributed by atoms with Crippen molar-refractivity contribution in [2.24, 2.45) is 0 Å². The number of rotatable bonds is 4. The number of carbonyl (C=O) groups is 3. The number of benzene rings is 3. The van der Waals surface area contributed by atoms with Crippen LogP contribution in [-0.4, -0.2) is 30.7 Å². The van der Waals surface area contributed by atoms with Gasteiger partial charge in [-0.05, 0) is 36.4 Å². The summed E-state index contributed by atoms with van der Waals surface area (Å²) >= 11 is 5.90. The van der Waals surface area contributed by atoms with Crippen LogP contribution in [0.1, 0.15) is 31.1 Å². The first-order chi connectivity index (χ1) is 16.0. The number of halogens is 1. The largest absolute Gasteiger partial charge is 0.486 e. The fourth-order valence-corrected chi connectivity index (χ4v) is 3.79. The lowest BCUT2D eigenvalue weighted by atomic mass is 9.90. The van der Waals surface area contributed by atoms with E-state index in [-0.39, 0.29) is 22.5 Å². The Bertz CT molecular complexity index is 1330. The molecule has 0 bridgehead atoms. The predicted molar refractivity (Wildman–Crippen MR) is 122 cm³/mol. The summed E-state index contributed by atoms with van der Waals surface area (Å²) in [6.07, 6.45) is 0. The van der Waals surface area contributed by atoms with Crippen molar-refractivity contribution in [1.29, 1.82) is 0 Å². The maximum absolute atomic E-state index is 13.3. The van der Waals surface area contributed by atoms with Crippen molar-refractivity contribution in [2.45, 2.75) is 0 Å². The summed E-state index contributed by atoms with van der Waals surface area (Å²) in [5, 5.41) is 6.10. The second-order valence-electron chi connectivity index (χ2n) is 7.40. The highest BCUT2D eigenvalue weighted by molar-refractivity contribution is 6.31. The quantitative estimate of drug-likeness (QED) is 0.604. The summed E-state index contributed by atoms with van der Waals surface area (Å²) in [7, 11) is 0. The fourth-order valence-electron chi connectivity index (χ4n) is 3.67. The standard InChI is InChI=1S/C25H17ClN2O5/c26-15-7-5-14(6-8-15)25(31)28-22-21(23(29)17-3-1-2-4-18(17)24(22)30)27-16-9-10-19-20(13-16)33-12-11-32-19/h1-10,13,27H,11-12H2,(H,28,31). The molecule has 0 saturated heterocycles. The minimum absolute atomic E-state index is 0.0299. The van der Waals surface area contributed by atoms with E-state index in [2.05, 4.69) is 10.6 Å². The minimum Gasteiger partial charge on any atom is -0.486 e. The molecule has 0 unspecified atom stereocenters. The topological polar surface area (TPSA) is 93.7 Å². The smallest absolute Gasteiger partial charge is 0.255 e. The van der Waals surface area contributed by atoms with Gasteiger partial charge >= 0.3 is 0 Å². The van der Waals surface area contributed by atoms with E-state index in [1.807, 2.05) is 0 Å². The molecule has 0 atom stereocenters. The van der Waals surface area contributed by atoms with E-state index in [9.17, 15) is 14.4 Å². The van der Waals surface area contributed by atoms with Crippen molar-refractivity contribution >= 4 is 34.8 Å². The maximum Gasteiger partial charge on any atom is 0.255 e. The van der Waals surface area contributed by atoms with Gasteiger partial charge in [-0.15, -0.1) is 0 Å². The van der Waals surface area contributed by atoms with E-state index in [0.29, 0.717) is 41.0 Å². The Balaban J connectivity index is 1.55. The number of Topliss-reactive ketones (excluding diaryl/α,β-unsaturated/α-hetero) is 2. The molecule has 2 aliphatic rings. The molecule has 1 amide bonds. The number of fused-ring (bicyclic) bond motifs is 2. The highest BCUT2D eigenvalue weighted by atomic mass is 35.5. The first-order valence-electron chi connectivity index (χ1n) is 10.2. The van der Waals surface area contributed by atoms with Crippen LogP contribution in [0.4, 0.5) is 5.69 Å². The minimum atomic E-state index is -0.538. The summed E-state index contributed by atoms with van der Waals surface area (Å²) in [6, 6.07) is 17.8. The second kappa shape index (κ2) is 8.44. The van der Waals surface area contributed by atoms with E-state index >= 15 is 0 Å². The van der Waals surface area contributed by atoms with Gasteiger partial charge in [0, 0.05) is 33.5 Å². The molecular formula is C25H17ClN2O5. The molecule has 3 aromatic rings. The van der Waals surface area contributed by atoms with E-state index < -0.39 is 17.5 Å². The number of amides is 1. The molecule has 5 rings (SSSR count). The lowest BCUT2D eigenvalue weighted by molar-refractivity contribution is 0.0920. The Morgan fingerprint density at radius 3 is 2.12 bits per heavy atom. The normalized spacial score (nSPS) is 14.6. The molecule has 7 nitrogen and oxygen atoms in total. The highest BCUT2D eigenvalue weighted by Crippen LogP contribution is 2.34. The molecule has 33 heavy (non-hydrogen) atoms. The second-order valence-corrected chi connectivity index (χ2v) is 7.83. The number of ether oxygens (including phenoxy) is 2. The zero-order valence-corrected chi connectivity index (χ0v) is 17.9. The lowest BCUT2D eigenvalue weighted by Gasteiger charge is -2.23.